The van der Waals surface area contributed by atoms with Crippen molar-refractivity contribution in [2.45, 2.75) is 13.0 Å². The van der Waals surface area contributed by atoms with Crippen LogP contribution in [0.5, 0.6) is 0 Å². The molecular formula is C16H13FIN3. The lowest BCUT2D eigenvalue weighted by Gasteiger charge is -2.16. The van der Waals surface area contributed by atoms with Gasteiger partial charge >= 0.3 is 0 Å². The van der Waals surface area contributed by atoms with Crippen LogP contribution in [-0.2, 0) is 0 Å². The lowest BCUT2D eigenvalue weighted by molar-refractivity contribution is 0.626. The number of aromatic nitrogens is 2. The second-order valence-corrected chi connectivity index (χ2v) is 6.05. The van der Waals surface area contributed by atoms with Crippen LogP contribution in [-0.4, -0.2) is 9.97 Å². The van der Waals surface area contributed by atoms with Gasteiger partial charge in [-0.1, -0.05) is 12.1 Å². The van der Waals surface area contributed by atoms with E-state index in [9.17, 15) is 4.39 Å². The number of anilines is 1. The molecule has 3 nitrogen and oxygen atoms in total. The fourth-order valence-corrected chi connectivity index (χ4v) is 2.67. The summed E-state index contributed by atoms with van der Waals surface area (Å²) in [5.41, 5.74) is 1.91. The van der Waals surface area contributed by atoms with E-state index in [4.69, 9.17) is 0 Å². The molecule has 1 atom stereocenters. The number of halogens is 2. The Kier molecular flexibility index (Phi) is 4.01. The van der Waals surface area contributed by atoms with Crippen LogP contribution in [0.15, 0.2) is 48.8 Å². The molecule has 21 heavy (non-hydrogen) atoms. The Morgan fingerprint density at radius 2 is 1.86 bits per heavy atom. The van der Waals surface area contributed by atoms with E-state index in [1.54, 1.807) is 18.5 Å². The van der Waals surface area contributed by atoms with Crippen LogP contribution >= 0.6 is 22.6 Å². The average Bonchev–Trinajstić information content (AvgIpc) is 2.48. The molecule has 1 heterocycles. The third kappa shape index (κ3) is 3.12. The van der Waals surface area contributed by atoms with E-state index in [0.29, 0.717) is 0 Å². The summed E-state index contributed by atoms with van der Waals surface area (Å²) in [5.74, 6) is 0.559. The Labute approximate surface area is 135 Å². The van der Waals surface area contributed by atoms with Crippen molar-refractivity contribution in [1.29, 1.82) is 0 Å². The first-order valence-electron chi connectivity index (χ1n) is 6.56. The molecule has 0 radical (unpaired) electrons. The monoisotopic (exact) mass is 393 g/mol. The molecule has 0 saturated carbocycles. The molecule has 0 spiro atoms. The van der Waals surface area contributed by atoms with Gasteiger partial charge in [-0.25, -0.2) is 14.4 Å². The molecule has 0 aliphatic heterocycles. The number of rotatable bonds is 3. The minimum Gasteiger partial charge on any atom is -0.363 e. The quantitative estimate of drug-likeness (QED) is 0.664. The number of nitrogens with one attached hydrogen (secondary N) is 1. The maximum Gasteiger partial charge on any atom is 0.137 e. The highest BCUT2D eigenvalue weighted by Gasteiger charge is 2.09. The van der Waals surface area contributed by atoms with Crippen molar-refractivity contribution in [3.8, 4) is 0 Å². The fraction of sp³-hybridized carbons (Fsp3) is 0.125. The van der Waals surface area contributed by atoms with Gasteiger partial charge in [-0.2, -0.15) is 0 Å². The predicted octanol–water partition coefficient (Wildman–Crippen LogP) is 4.55. The average molecular weight is 393 g/mol. The summed E-state index contributed by atoms with van der Waals surface area (Å²) in [5, 5.41) is 4.36. The van der Waals surface area contributed by atoms with Crippen molar-refractivity contribution < 1.29 is 4.39 Å². The molecule has 0 fully saturated rings. The lowest BCUT2D eigenvalue weighted by atomic mass is 10.1. The first-order valence-corrected chi connectivity index (χ1v) is 7.63. The smallest absolute Gasteiger partial charge is 0.137 e. The molecule has 5 heteroatoms. The number of hydrogen-bond donors (Lipinski definition) is 1. The zero-order chi connectivity index (χ0) is 14.8. The lowest BCUT2D eigenvalue weighted by Crippen LogP contribution is -2.08. The van der Waals surface area contributed by atoms with Crippen molar-refractivity contribution in [3.05, 3.63) is 63.7 Å². The van der Waals surface area contributed by atoms with Crippen LogP contribution < -0.4 is 5.32 Å². The number of fused-ring (bicyclic) bond motifs is 1. The molecule has 3 rings (SSSR count). The van der Waals surface area contributed by atoms with E-state index in [1.807, 2.05) is 19.1 Å². The van der Waals surface area contributed by atoms with Crippen LogP contribution in [0.2, 0.25) is 0 Å². The summed E-state index contributed by atoms with van der Waals surface area (Å²) in [4.78, 5) is 8.60. The van der Waals surface area contributed by atoms with Gasteiger partial charge in [0.1, 0.15) is 18.0 Å². The standard InChI is InChI=1S/C16H13FIN3/c1-10(11-2-4-12(17)5-3-11)21-16-14-8-13(18)6-7-15(14)19-9-20-16/h2-10H,1H3,(H,19,20,21)/t10-/m0/s1. The Morgan fingerprint density at radius 3 is 2.62 bits per heavy atom. The van der Waals surface area contributed by atoms with E-state index >= 15 is 0 Å². The minimum atomic E-state index is -0.229. The van der Waals surface area contributed by atoms with Gasteiger partial charge in [-0.05, 0) is 65.4 Å². The second kappa shape index (κ2) is 5.93. The maximum absolute atomic E-state index is 13.0. The second-order valence-electron chi connectivity index (χ2n) is 4.80. The summed E-state index contributed by atoms with van der Waals surface area (Å²) in [6.45, 7) is 2.02. The topological polar surface area (TPSA) is 37.8 Å². The highest BCUT2D eigenvalue weighted by atomic mass is 127. The van der Waals surface area contributed by atoms with Gasteiger partial charge in [0.05, 0.1) is 5.52 Å². The number of hydrogen-bond acceptors (Lipinski definition) is 3. The van der Waals surface area contributed by atoms with E-state index in [1.165, 1.54) is 12.1 Å². The molecule has 0 amide bonds. The summed E-state index contributed by atoms with van der Waals surface area (Å²) in [6.07, 6.45) is 1.55. The fourth-order valence-electron chi connectivity index (χ4n) is 2.18. The third-order valence-electron chi connectivity index (χ3n) is 3.32. The maximum atomic E-state index is 13.0. The Balaban J connectivity index is 1.94. The van der Waals surface area contributed by atoms with E-state index in [0.717, 1.165) is 25.9 Å². The first kappa shape index (κ1) is 14.2. The Morgan fingerprint density at radius 1 is 1.10 bits per heavy atom. The number of benzene rings is 2. The predicted molar refractivity (Wildman–Crippen MR) is 90.7 cm³/mol. The highest BCUT2D eigenvalue weighted by Crippen LogP contribution is 2.25. The normalized spacial score (nSPS) is 12.3. The van der Waals surface area contributed by atoms with Gasteiger partial charge in [-0.15, -0.1) is 0 Å². The van der Waals surface area contributed by atoms with Gasteiger partial charge in [-0.3, -0.25) is 0 Å². The van der Waals surface area contributed by atoms with E-state index in [-0.39, 0.29) is 11.9 Å². The molecule has 0 unspecified atom stereocenters. The van der Waals surface area contributed by atoms with E-state index in [2.05, 4.69) is 43.9 Å². The van der Waals surface area contributed by atoms with Crippen LogP contribution in [0.4, 0.5) is 10.2 Å². The number of nitrogens with zero attached hydrogens (tertiary/aromatic N) is 2. The van der Waals surface area contributed by atoms with E-state index < -0.39 is 0 Å². The Hall–Kier alpha value is -1.76. The molecule has 0 saturated heterocycles. The summed E-state index contributed by atoms with van der Waals surface area (Å²) in [6, 6.07) is 12.6. The van der Waals surface area contributed by atoms with Crippen LogP contribution in [0.3, 0.4) is 0 Å². The van der Waals surface area contributed by atoms with Crippen LogP contribution in [0.1, 0.15) is 18.5 Å². The molecule has 1 N–H and O–H groups in total. The molecule has 1 aromatic heterocycles. The minimum absolute atomic E-state index is 0.0292. The van der Waals surface area contributed by atoms with Crippen molar-refractivity contribution in [2.75, 3.05) is 5.32 Å². The van der Waals surface area contributed by atoms with Gasteiger partial charge in [0.2, 0.25) is 0 Å². The van der Waals surface area contributed by atoms with Gasteiger partial charge in [0, 0.05) is 15.0 Å². The molecule has 3 aromatic rings. The zero-order valence-electron chi connectivity index (χ0n) is 11.3. The van der Waals surface area contributed by atoms with Crippen molar-refractivity contribution in [2.24, 2.45) is 0 Å². The molecule has 106 valence electrons. The molecule has 0 aliphatic carbocycles. The largest absolute Gasteiger partial charge is 0.363 e. The first-order chi connectivity index (χ1) is 10.1. The summed E-state index contributed by atoms with van der Waals surface area (Å²) in [7, 11) is 0. The summed E-state index contributed by atoms with van der Waals surface area (Å²) >= 11 is 2.27. The van der Waals surface area contributed by atoms with Gasteiger partial charge in [0.15, 0.2) is 0 Å². The highest BCUT2D eigenvalue weighted by molar-refractivity contribution is 14.1. The zero-order valence-corrected chi connectivity index (χ0v) is 13.5. The van der Waals surface area contributed by atoms with Crippen molar-refractivity contribution >= 4 is 39.3 Å². The summed E-state index contributed by atoms with van der Waals surface area (Å²) < 4.78 is 14.1. The molecule has 0 bridgehead atoms. The van der Waals surface area contributed by atoms with Gasteiger partial charge in [0.25, 0.3) is 0 Å². The molecule has 0 aliphatic rings. The Bertz CT molecular complexity index is 774. The van der Waals surface area contributed by atoms with Crippen molar-refractivity contribution in [1.82, 2.24) is 9.97 Å². The SMILES string of the molecule is C[C@H](Nc1ncnc2ccc(I)cc12)c1ccc(F)cc1. The van der Waals surface area contributed by atoms with Gasteiger partial charge < -0.3 is 5.32 Å². The van der Waals surface area contributed by atoms with Crippen LogP contribution in [0.25, 0.3) is 10.9 Å². The third-order valence-corrected chi connectivity index (χ3v) is 3.99. The molecule has 2 aromatic carbocycles. The van der Waals surface area contributed by atoms with Crippen molar-refractivity contribution in [3.63, 3.8) is 0 Å². The van der Waals surface area contributed by atoms with Crippen LogP contribution in [0, 0.1) is 9.39 Å². The molecular weight excluding hydrogens is 380 g/mol.